The van der Waals surface area contributed by atoms with E-state index in [1.807, 2.05) is 41.6 Å². The van der Waals surface area contributed by atoms with Crippen LogP contribution in [0.4, 0.5) is 0 Å². The van der Waals surface area contributed by atoms with E-state index in [-0.39, 0.29) is 5.91 Å². The molecule has 5 aromatic rings. The molecule has 2 aromatic carbocycles. The first kappa shape index (κ1) is 19.3. The van der Waals surface area contributed by atoms with E-state index in [1.165, 1.54) is 22.1 Å². The summed E-state index contributed by atoms with van der Waals surface area (Å²) in [5, 5.41) is 4.49. The van der Waals surface area contributed by atoms with Crippen LogP contribution in [0, 0.1) is 0 Å². The maximum Gasteiger partial charge on any atom is 0.253 e. The highest BCUT2D eigenvalue weighted by Gasteiger charge is 2.19. The predicted molar refractivity (Wildman–Crippen MR) is 132 cm³/mol. The van der Waals surface area contributed by atoms with E-state index in [9.17, 15) is 4.79 Å². The monoisotopic (exact) mass is 437 g/mol. The predicted octanol–water partition coefficient (Wildman–Crippen LogP) is 6.53. The highest BCUT2D eigenvalue weighted by Crippen LogP contribution is 2.33. The fraction of sp³-hybridized carbons (Fsp3) is 0.185. The molecule has 4 heterocycles. The van der Waals surface area contributed by atoms with Crippen LogP contribution in [-0.4, -0.2) is 33.4 Å². The van der Waals surface area contributed by atoms with Gasteiger partial charge in [-0.05, 0) is 72.7 Å². The lowest BCUT2D eigenvalue weighted by molar-refractivity contribution is 0.0724. The van der Waals surface area contributed by atoms with Crippen LogP contribution in [0.5, 0.6) is 0 Å². The molecule has 32 heavy (non-hydrogen) atoms. The third kappa shape index (κ3) is 3.30. The van der Waals surface area contributed by atoms with Gasteiger partial charge in [0.1, 0.15) is 5.65 Å². The van der Waals surface area contributed by atoms with Crippen LogP contribution in [0.1, 0.15) is 29.6 Å². The Labute approximate surface area is 190 Å². The minimum Gasteiger partial charge on any atom is -0.339 e. The SMILES string of the molecule is O=C(c1cccc(-n2ccc3cc(-c4cccc5sccc45)cnc32)c1)N1CCCCC1. The third-order valence-electron chi connectivity index (χ3n) is 6.35. The summed E-state index contributed by atoms with van der Waals surface area (Å²) in [6.45, 7) is 1.72. The fourth-order valence-corrected chi connectivity index (χ4v) is 5.51. The molecule has 1 aliphatic heterocycles. The first-order valence-electron chi connectivity index (χ1n) is 11.1. The molecule has 4 nitrogen and oxygen atoms in total. The van der Waals surface area contributed by atoms with E-state index in [1.54, 1.807) is 11.3 Å². The van der Waals surface area contributed by atoms with E-state index in [4.69, 9.17) is 4.98 Å². The highest BCUT2D eigenvalue weighted by molar-refractivity contribution is 7.17. The van der Waals surface area contributed by atoms with Crippen molar-refractivity contribution in [2.45, 2.75) is 19.3 Å². The average Bonchev–Trinajstić information content (AvgIpc) is 3.51. The zero-order valence-electron chi connectivity index (χ0n) is 17.7. The van der Waals surface area contributed by atoms with Crippen molar-refractivity contribution in [2.75, 3.05) is 13.1 Å². The lowest BCUT2D eigenvalue weighted by Gasteiger charge is -2.26. The maximum atomic E-state index is 13.0. The van der Waals surface area contributed by atoms with Gasteiger partial charge in [0.05, 0.1) is 0 Å². The number of nitrogens with zero attached hydrogens (tertiary/aromatic N) is 3. The molecule has 0 unspecified atom stereocenters. The summed E-state index contributed by atoms with van der Waals surface area (Å²) in [5.74, 6) is 0.127. The van der Waals surface area contributed by atoms with Gasteiger partial charge in [0, 0.05) is 57.8 Å². The Morgan fingerprint density at radius 3 is 2.72 bits per heavy atom. The zero-order chi connectivity index (χ0) is 21.5. The molecule has 0 radical (unpaired) electrons. The zero-order valence-corrected chi connectivity index (χ0v) is 18.5. The molecule has 1 amide bonds. The summed E-state index contributed by atoms with van der Waals surface area (Å²) < 4.78 is 3.35. The molecular formula is C27H23N3OS. The first-order valence-corrected chi connectivity index (χ1v) is 12.0. The van der Waals surface area contributed by atoms with E-state index < -0.39 is 0 Å². The Kier molecular flexibility index (Phi) is 4.76. The van der Waals surface area contributed by atoms with E-state index in [0.29, 0.717) is 0 Å². The number of benzene rings is 2. The van der Waals surface area contributed by atoms with Gasteiger partial charge in [-0.15, -0.1) is 11.3 Å². The number of carbonyl (C=O) groups is 1. The number of carbonyl (C=O) groups excluding carboxylic acids is 1. The Balaban J connectivity index is 1.37. The minimum atomic E-state index is 0.127. The minimum absolute atomic E-state index is 0.127. The summed E-state index contributed by atoms with van der Waals surface area (Å²) in [5.41, 5.74) is 4.93. The second kappa shape index (κ2) is 7.92. The van der Waals surface area contributed by atoms with Crippen LogP contribution in [0.3, 0.4) is 0 Å². The van der Waals surface area contributed by atoms with Gasteiger partial charge >= 0.3 is 0 Å². The molecule has 6 rings (SSSR count). The van der Waals surface area contributed by atoms with Crippen molar-refractivity contribution in [1.82, 2.24) is 14.5 Å². The molecule has 1 saturated heterocycles. The highest BCUT2D eigenvalue weighted by atomic mass is 32.1. The molecule has 1 aliphatic rings. The molecular weight excluding hydrogens is 414 g/mol. The molecule has 158 valence electrons. The second-order valence-corrected chi connectivity index (χ2v) is 9.31. The van der Waals surface area contributed by atoms with Crippen LogP contribution < -0.4 is 0 Å². The number of rotatable bonds is 3. The summed E-state index contributed by atoms with van der Waals surface area (Å²) in [6, 6.07) is 20.8. The van der Waals surface area contributed by atoms with E-state index in [0.717, 1.165) is 53.8 Å². The Bertz CT molecular complexity index is 1440. The van der Waals surface area contributed by atoms with Crippen LogP contribution in [0.25, 0.3) is 37.9 Å². The van der Waals surface area contributed by atoms with Crippen molar-refractivity contribution in [3.05, 3.63) is 84.0 Å². The normalized spacial score (nSPS) is 14.3. The standard InChI is InChI=1S/C27H23N3OS/c31-27(29-12-2-1-3-13-29)20-6-4-7-22(17-20)30-14-10-19-16-21(18-28-26(19)30)23-8-5-9-25-24(23)11-15-32-25/h4-11,14-18H,1-3,12-13H2. The molecule has 5 heteroatoms. The molecule has 0 N–H and O–H groups in total. The van der Waals surface area contributed by atoms with Gasteiger partial charge in [0.15, 0.2) is 0 Å². The topological polar surface area (TPSA) is 38.1 Å². The van der Waals surface area contributed by atoms with Crippen molar-refractivity contribution < 1.29 is 4.79 Å². The Morgan fingerprint density at radius 2 is 1.81 bits per heavy atom. The van der Waals surface area contributed by atoms with Crippen molar-refractivity contribution in [1.29, 1.82) is 0 Å². The number of thiophene rings is 1. The molecule has 0 spiro atoms. The molecule has 1 fully saturated rings. The van der Waals surface area contributed by atoms with Gasteiger partial charge < -0.3 is 9.47 Å². The fourth-order valence-electron chi connectivity index (χ4n) is 4.69. The van der Waals surface area contributed by atoms with Gasteiger partial charge in [-0.3, -0.25) is 4.79 Å². The van der Waals surface area contributed by atoms with Crippen molar-refractivity contribution in [2.24, 2.45) is 0 Å². The quantitative estimate of drug-likeness (QED) is 0.322. The van der Waals surface area contributed by atoms with Crippen LogP contribution in [-0.2, 0) is 0 Å². The van der Waals surface area contributed by atoms with Gasteiger partial charge in [0.25, 0.3) is 5.91 Å². The number of hydrogen-bond donors (Lipinski definition) is 0. The summed E-state index contributed by atoms with van der Waals surface area (Å²) >= 11 is 1.76. The smallest absolute Gasteiger partial charge is 0.253 e. The number of hydrogen-bond acceptors (Lipinski definition) is 3. The number of piperidine rings is 1. The van der Waals surface area contributed by atoms with E-state index >= 15 is 0 Å². The molecule has 0 aliphatic carbocycles. The Hall–Kier alpha value is -3.44. The van der Waals surface area contributed by atoms with Crippen molar-refractivity contribution in [3.63, 3.8) is 0 Å². The maximum absolute atomic E-state index is 13.0. The number of fused-ring (bicyclic) bond motifs is 2. The average molecular weight is 438 g/mol. The van der Waals surface area contributed by atoms with Gasteiger partial charge in [-0.2, -0.15) is 0 Å². The van der Waals surface area contributed by atoms with E-state index in [2.05, 4.69) is 46.3 Å². The second-order valence-electron chi connectivity index (χ2n) is 8.36. The molecule has 0 bridgehead atoms. The summed E-state index contributed by atoms with van der Waals surface area (Å²) in [7, 11) is 0. The number of aromatic nitrogens is 2. The molecule has 0 atom stereocenters. The van der Waals surface area contributed by atoms with Crippen LogP contribution in [0.15, 0.2) is 78.4 Å². The van der Waals surface area contributed by atoms with Gasteiger partial charge in [0.2, 0.25) is 0 Å². The first-order chi connectivity index (χ1) is 15.8. The summed E-state index contributed by atoms with van der Waals surface area (Å²) in [4.78, 5) is 19.8. The van der Waals surface area contributed by atoms with Gasteiger partial charge in [-0.25, -0.2) is 4.98 Å². The third-order valence-corrected chi connectivity index (χ3v) is 7.23. The van der Waals surface area contributed by atoms with Crippen molar-refractivity contribution in [3.8, 4) is 16.8 Å². The van der Waals surface area contributed by atoms with Crippen LogP contribution >= 0.6 is 11.3 Å². The number of likely N-dealkylation sites (tertiary alicyclic amines) is 1. The largest absolute Gasteiger partial charge is 0.339 e. The summed E-state index contributed by atoms with van der Waals surface area (Å²) in [6.07, 6.45) is 7.40. The van der Waals surface area contributed by atoms with Crippen molar-refractivity contribution >= 4 is 38.4 Å². The molecule has 3 aromatic heterocycles. The lowest BCUT2D eigenvalue weighted by Crippen LogP contribution is -2.35. The number of amides is 1. The van der Waals surface area contributed by atoms with Gasteiger partial charge in [-0.1, -0.05) is 18.2 Å². The number of pyridine rings is 1. The molecule has 0 saturated carbocycles. The lowest BCUT2D eigenvalue weighted by atomic mass is 10.0. The van der Waals surface area contributed by atoms with Crippen LogP contribution in [0.2, 0.25) is 0 Å². The Morgan fingerprint density at radius 1 is 0.938 bits per heavy atom.